The SMILES string of the molecule is S=C=NCCOCCOCCOCc1ccccc1. The van der Waals surface area contributed by atoms with Crippen molar-refractivity contribution in [1.29, 1.82) is 0 Å². The summed E-state index contributed by atoms with van der Waals surface area (Å²) in [6.45, 7) is 4.03. The summed E-state index contributed by atoms with van der Waals surface area (Å²) in [6.07, 6.45) is 0. The molecule has 0 saturated heterocycles. The second-order valence-electron chi connectivity index (χ2n) is 3.74. The lowest BCUT2D eigenvalue weighted by atomic mass is 10.2. The third kappa shape index (κ3) is 9.47. The van der Waals surface area contributed by atoms with Crippen LogP contribution in [-0.4, -0.2) is 44.7 Å². The molecule has 0 aliphatic carbocycles. The lowest BCUT2D eigenvalue weighted by Crippen LogP contribution is -2.10. The van der Waals surface area contributed by atoms with Gasteiger partial charge in [-0.25, -0.2) is 4.99 Å². The number of ether oxygens (including phenoxy) is 3. The first-order chi connectivity index (χ1) is 9.43. The number of benzene rings is 1. The molecule has 0 unspecified atom stereocenters. The van der Waals surface area contributed by atoms with Gasteiger partial charge in [0.25, 0.3) is 0 Å². The van der Waals surface area contributed by atoms with Crippen molar-refractivity contribution < 1.29 is 14.2 Å². The molecule has 19 heavy (non-hydrogen) atoms. The number of rotatable bonds is 11. The monoisotopic (exact) mass is 281 g/mol. The predicted octanol–water partition coefficient (Wildman–Crippen LogP) is 2.34. The molecule has 104 valence electrons. The van der Waals surface area contributed by atoms with Crippen molar-refractivity contribution in [2.45, 2.75) is 6.61 Å². The fourth-order valence-corrected chi connectivity index (χ4v) is 1.45. The van der Waals surface area contributed by atoms with E-state index >= 15 is 0 Å². The van der Waals surface area contributed by atoms with E-state index in [1.807, 2.05) is 30.3 Å². The highest BCUT2D eigenvalue weighted by atomic mass is 32.1. The van der Waals surface area contributed by atoms with Crippen LogP contribution in [-0.2, 0) is 20.8 Å². The Balaban J connectivity index is 1.82. The molecule has 1 aromatic rings. The molecule has 0 aliphatic rings. The molecule has 1 rings (SSSR count). The second kappa shape index (κ2) is 12.0. The van der Waals surface area contributed by atoms with Crippen LogP contribution in [0.2, 0.25) is 0 Å². The van der Waals surface area contributed by atoms with Crippen LogP contribution in [0.1, 0.15) is 5.56 Å². The van der Waals surface area contributed by atoms with Gasteiger partial charge < -0.3 is 14.2 Å². The lowest BCUT2D eigenvalue weighted by Gasteiger charge is -2.06. The van der Waals surface area contributed by atoms with E-state index in [4.69, 9.17) is 14.2 Å². The Hall–Kier alpha value is -1.10. The lowest BCUT2D eigenvalue weighted by molar-refractivity contribution is 0.0120. The van der Waals surface area contributed by atoms with Crippen molar-refractivity contribution in [2.24, 2.45) is 4.99 Å². The average molecular weight is 281 g/mol. The highest BCUT2D eigenvalue weighted by Gasteiger charge is 1.93. The normalized spacial score (nSPS) is 10.1. The summed E-state index contributed by atoms with van der Waals surface area (Å²) in [5.41, 5.74) is 1.17. The standard InChI is InChI=1S/C14H19NO3S/c19-13-15-6-7-16-8-9-17-10-11-18-12-14-4-2-1-3-5-14/h1-5H,6-12H2. The number of hydrogen-bond acceptors (Lipinski definition) is 5. The highest BCUT2D eigenvalue weighted by molar-refractivity contribution is 7.78. The van der Waals surface area contributed by atoms with Crippen LogP contribution in [0.25, 0.3) is 0 Å². The molecular formula is C14H19NO3S. The zero-order valence-corrected chi connectivity index (χ0v) is 11.7. The van der Waals surface area contributed by atoms with E-state index in [2.05, 4.69) is 22.4 Å². The minimum atomic E-state index is 0.553. The van der Waals surface area contributed by atoms with Crippen molar-refractivity contribution in [3.63, 3.8) is 0 Å². The number of hydrogen-bond donors (Lipinski definition) is 0. The van der Waals surface area contributed by atoms with E-state index in [0.717, 1.165) is 0 Å². The van der Waals surface area contributed by atoms with E-state index in [1.165, 1.54) is 5.56 Å². The largest absolute Gasteiger partial charge is 0.377 e. The van der Waals surface area contributed by atoms with Gasteiger partial charge in [-0.2, -0.15) is 0 Å². The van der Waals surface area contributed by atoms with E-state index < -0.39 is 0 Å². The van der Waals surface area contributed by atoms with Crippen LogP contribution in [0, 0.1) is 0 Å². The van der Waals surface area contributed by atoms with Crippen molar-refractivity contribution in [1.82, 2.24) is 0 Å². The Kier molecular flexibility index (Phi) is 10.0. The maximum Gasteiger partial charge on any atom is 0.0727 e. The third-order valence-corrected chi connectivity index (χ3v) is 2.40. The summed E-state index contributed by atoms with van der Waals surface area (Å²) >= 11 is 4.44. The molecule has 0 amide bonds. The summed E-state index contributed by atoms with van der Waals surface area (Å²) < 4.78 is 16.1. The maximum absolute atomic E-state index is 5.48. The van der Waals surface area contributed by atoms with E-state index in [9.17, 15) is 0 Å². The fourth-order valence-electron chi connectivity index (χ4n) is 1.36. The molecular weight excluding hydrogens is 262 g/mol. The summed E-state index contributed by atoms with van der Waals surface area (Å²) in [6, 6.07) is 10.1. The third-order valence-electron chi connectivity index (χ3n) is 2.27. The van der Waals surface area contributed by atoms with Gasteiger partial charge in [-0.15, -0.1) is 0 Å². The van der Waals surface area contributed by atoms with Crippen LogP contribution in [0.5, 0.6) is 0 Å². The zero-order chi connectivity index (χ0) is 13.6. The Morgan fingerprint density at radius 2 is 1.53 bits per heavy atom. The summed E-state index contributed by atoms with van der Waals surface area (Å²) in [4.78, 5) is 3.74. The van der Waals surface area contributed by atoms with Crippen LogP contribution in [0.3, 0.4) is 0 Å². The predicted molar refractivity (Wildman–Crippen MR) is 77.6 cm³/mol. The molecule has 0 fully saturated rings. The summed E-state index contributed by atoms with van der Waals surface area (Å²) in [5, 5.41) is 2.29. The molecule has 1 aromatic carbocycles. The van der Waals surface area contributed by atoms with Crippen molar-refractivity contribution >= 4 is 17.4 Å². The first-order valence-electron chi connectivity index (χ1n) is 6.24. The van der Waals surface area contributed by atoms with Gasteiger partial charge in [-0.3, -0.25) is 0 Å². The first kappa shape index (κ1) is 16.0. The van der Waals surface area contributed by atoms with Crippen molar-refractivity contribution in [3.05, 3.63) is 35.9 Å². The van der Waals surface area contributed by atoms with Gasteiger partial charge in [0, 0.05) is 0 Å². The number of thiocarbonyl (C=S) groups is 1. The number of nitrogens with zero attached hydrogens (tertiary/aromatic N) is 1. The Morgan fingerprint density at radius 3 is 2.21 bits per heavy atom. The Morgan fingerprint density at radius 1 is 0.895 bits per heavy atom. The molecule has 5 heteroatoms. The first-order valence-corrected chi connectivity index (χ1v) is 6.65. The van der Waals surface area contributed by atoms with Crippen LogP contribution in [0.15, 0.2) is 35.3 Å². The highest BCUT2D eigenvalue weighted by Crippen LogP contribution is 1.99. The summed E-state index contributed by atoms with van der Waals surface area (Å²) in [5.74, 6) is 0. The van der Waals surface area contributed by atoms with E-state index in [1.54, 1.807) is 0 Å². The minimum Gasteiger partial charge on any atom is -0.377 e. The van der Waals surface area contributed by atoms with Crippen LogP contribution >= 0.6 is 12.2 Å². The topological polar surface area (TPSA) is 40.0 Å². The molecule has 0 heterocycles. The fraction of sp³-hybridized carbons (Fsp3) is 0.500. The van der Waals surface area contributed by atoms with Crippen LogP contribution in [0.4, 0.5) is 0 Å². The van der Waals surface area contributed by atoms with Gasteiger partial charge in [0.15, 0.2) is 0 Å². The number of aliphatic imine (C=N–C) groups is 1. The molecule has 0 saturated carbocycles. The van der Waals surface area contributed by atoms with Gasteiger partial charge in [0.1, 0.15) is 0 Å². The zero-order valence-electron chi connectivity index (χ0n) is 10.9. The molecule has 0 atom stereocenters. The minimum absolute atomic E-state index is 0.553. The molecule has 0 N–H and O–H groups in total. The second-order valence-corrected chi connectivity index (χ2v) is 3.92. The van der Waals surface area contributed by atoms with Gasteiger partial charge in [0.05, 0.1) is 51.3 Å². The maximum atomic E-state index is 5.48. The van der Waals surface area contributed by atoms with Gasteiger partial charge in [-0.05, 0) is 17.8 Å². The van der Waals surface area contributed by atoms with E-state index in [-0.39, 0.29) is 0 Å². The summed E-state index contributed by atoms with van der Waals surface area (Å²) in [7, 11) is 0. The van der Waals surface area contributed by atoms with Crippen LogP contribution < -0.4 is 0 Å². The molecule has 0 radical (unpaired) electrons. The molecule has 0 aliphatic heterocycles. The molecule has 0 bridgehead atoms. The smallest absolute Gasteiger partial charge is 0.0727 e. The van der Waals surface area contributed by atoms with Gasteiger partial charge in [0.2, 0.25) is 0 Å². The van der Waals surface area contributed by atoms with Crippen molar-refractivity contribution in [2.75, 3.05) is 39.6 Å². The molecule has 0 spiro atoms. The quantitative estimate of drug-likeness (QED) is 0.354. The average Bonchev–Trinajstić information content (AvgIpc) is 2.46. The Labute approximate surface area is 119 Å². The van der Waals surface area contributed by atoms with Crippen molar-refractivity contribution in [3.8, 4) is 0 Å². The molecule has 4 nitrogen and oxygen atoms in total. The molecule has 0 aromatic heterocycles. The number of isothiocyanates is 1. The van der Waals surface area contributed by atoms with Gasteiger partial charge >= 0.3 is 0 Å². The Bertz CT molecular complexity index is 366. The van der Waals surface area contributed by atoms with E-state index in [0.29, 0.717) is 46.2 Å². The van der Waals surface area contributed by atoms with Gasteiger partial charge in [-0.1, -0.05) is 30.3 Å².